The number of carboxylic acids is 1. The predicted molar refractivity (Wildman–Crippen MR) is 103 cm³/mol. The molecular weight excluding hydrogens is 310 g/mol. The number of nitrogens with zero attached hydrogens (tertiary/aromatic N) is 1. The van der Waals surface area contributed by atoms with Crippen molar-refractivity contribution in [1.82, 2.24) is 4.57 Å². The molecule has 1 aromatic heterocycles. The molecule has 3 heteroatoms. The molecule has 3 aromatic rings. The molecule has 0 fully saturated rings. The third kappa shape index (κ3) is 2.74. The third-order valence-electron chi connectivity index (χ3n) is 5.71. The summed E-state index contributed by atoms with van der Waals surface area (Å²) >= 11 is 0. The highest BCUT2D eigenvalue weighted by molar-refractivity contribution is 5.90. The fourth-order valence-electron chi connectivity index (χ4n) is 3.71. The van der Waals surface area contributed by atoms with Crippen LogP contribution >= 0.6 is 0 Å². The number of aryl methyl sites for hydroxylation is 4. The SMILES string of the molecule is Cc1cc2c(cc(Cc3c(C)ccc(C(=O)O)c3C)n2C)c(C)c1C. The van der Waals surface area contributed by atoms with Crippen LogP contribution in [0.5, 0.6) is 0 Å². The van der Waals surface area contributed by atoms with E-state index in [2.05, 4.69) is 51.4 Å². The van der Waals surface area contributed by atoms with Gasteiger partial charge in [-0.15, -0.1) is 0 Å². The number of hydrogen-bond donors (Lipinski definition) is 1. The van der Waals surface area contributed by atoms with Crippen molar-refractivity contribution >= 4 is 16.9 Å². The molecule has 1 heterocycles. The quantitative estimate of drug-likeness (QED) is 0.731. The highest BCUT2D eigenvalue weighted by atomic mass is 16.4. The van der Waals surface area contributed by atoms with Crippen molar-refractivity contribution in [2.45, 2.75) is 41.0 Å². The van der Waals surface area contributed by atoms with Gasteiger partial charge in [-0.3, -0.25) is 0 Å². The molecular formula is C22H25NO2. The van der Waals surface area contributed by atoms with Crippen LogP contribution in [-0.2, 0) is 13.5 Å². The summed E-state index contributed by atoms with van der Waals surface area (Å²) < 4.78 is 2.24. The zero-order valence-electron chi connectivity index (χ0n) is 15.8. The summed E-state index contributed by atoms with van der Waals surface area (Å²) in [5.41, 5.74) is 9.91. The molecule has 0 aliphatic carbocycles. The lowest BCUT2D eigenvalue weighted by Gasteiger charge is -2.13. The van der Waals surface area contributed by atoms with Crippen molar-refractivity contribution in [2.75, 3.05) is 0 Å². The van der Waals surface area contributed by atoms with Crippen LogP contribution in [0.4, 0.5) is 0 Å². The van der Waals surface area contributed by atoms with E-state index in [-0.39, 0.29) is 0 Å². The summed E-state index contributed by atoms with van der Waals surface area (Å²) in [7, 11) is 2.09. The second kappa shape index (κ2) is 6.07. The molecule has 2 aromatic carbocycles. The Hall–Kier alpha value is -2.55. The Labute approximate surface area is 148 Å². The van der Waals surface area contributed by atoms with Crippen molar-refractivity contribution in [3.8, 4) is 0 Å². The van der Waals surface area contributed by atoms with Gasteiger partial charge in [0.15, 0.2) is 0 Å². The first-order valence-corrected chi connectivity index (χ1v) is 8.59. The maximum atomic E-state index is 11.5. The van der Waals surface area contributed by atoms with E-state index in [1.54, 1.807) is 6.07 Å². The summed E-state index contributed by atoms with van der Waals surface area (Å²) in [4.78, 5) is 11.5. The Bertz CT molecular complexity index is 1010. The van der Waals surface area contributed by atoms with Crippen molar-refractivity contribution in [2.24, 2.45) is 7.05 Å². The van der Waals surface area contributed by atoms with Gasteiger partial charge in [-0.1, -0.05) is 6.07 Å². The molecule has 0 saturated carbocycles. The molecule has 130 valence electrons. The monoisotopic (exact) mass is 335 g/mol. The van der Waals surface area contributed by atoms with Crippen LogP contribution in [0.1, 0.15) is 49.4 Å². The third-order valence-corrected chi connectivity index (χ3v) is 5.71. The molecule has 0 spiro atoms. The molecule has 0 unspecified atom stereocenters. The molecule has 0 aliphatic heterocycles. The lowest BCUT2D eigenvalue weighted by Crippen LogP contribution is -2.06. The molecule has 1 N–H and O–H groups in total. The maximum Gasteiger partial charge on any atom is 0.335 e. The first-order chi connectivity index (χ1) is 11.7. The van der Waals surface area contributed by atoms with Crippen molar-refractivity contribution in [3.05, 3.63) is 68.9 Å². The first-order valence-electron chi connectivity index (χ1n) is 8.59. The Morgan fingerprint density at radius 3 is 2.28 bits per heavy atom. The van der Waals surface area contributed by atoms with E-state index in [4.69, 9.17) is 0 Å². The lowest BCUT2D eigenvalue weighted by molar-refractivity contribution is 0.0696. The summed E-state index contributed by atoms with van der Waals surface area (Å²) in [6.07, 6.45) is 0.738. The van der Waals surface area contributed by atoms with E-state index in [0.29, 0.717) is 5.56 Å². The minimum absolute atomic E-state index is 0.391. The molecule has 0 bridgehead atoms. The molecule has 3 rings (SSSR count). The second-order valence-electron chi connectivity index (χ2n) is 7.09. The van der Waals surface area contributed by atoms with E-state index >= 15 is 0 Å². The number of hydrogen-bond acceptors (Lipinski definition) is 1. The van der Waals surface area contributed by atoms with E-state index in [1.807, 2.05) is 13.0 Å². The van der Waals surface area contributed by atoms with Gasteiger partial charge in [-0.25, -0.2) is 4.79 Å². The highest BCUT2D eigenvalue weighted by Crippen LogP contribution is 2.30. The fourth-order valence-corrected chi connectivity index (χ4v) is 3.71. The molecule has 0 aliphatic rings. The smallest absolute Gasteiger partial charge is 0.335 e. The number of carboxylic acid groups (broad SMARTS) is 1. The standard InChI is InChI=1S/C22H25NO2/c1-12-7-8-18(22(24)25)16(5)19(12)10-17-11-20-15(4)14(3)13(2)9-21(20)23(17)6/h7-9,11H,10H2,1-6H3,(H,24,25). The normalized spacial score (nSPS) is 11.3. The largest absolute Gasteiger partial charge is 0.478 e. The highest BCUT2D eigenvalue weighted by Gasteiger charge is 2.16. The Morgan fingerprint density at radius 1 is 0.960 bits per heavy atom. The van der Waals surface area contributed by atoms with Crippen LogP contribution in [0.25, 0.3) is 10.9 Å². The minimum atomic E-state index is -0.863. The van der Waals surface area contributed by atoms with E-state index in [1.165, 1.54) is 33.3 Å². The summed E-state index contributed by atoms with van der Waals surface area (Å²) in [6, 6.07) is 8.11. The van der Waals surface area contributed by atoms with Crippen LogP contribution in [0.2, 0.25) is 0 Å². The average Bonchev–Trinajstić information content (AvgIpc) is 2.85. The zero-order valence-corrected chi connectivity index (χ0v) is 15.8. The van der Waals surface area contributed by atoms with Gasteiger partial charge >= 0.3 is 5.97 Å². The van der Waals surface area contributed by atoms with Gasteiger partial charge in [-0.05, 0) is 86.2 Å². The van der Waals surface area contributed by atoms with Crippen LogP contribution < -0.4 is 0 Å². The number of rotatable bonds is 3. The van der Waals surface area contributed by atoms with Gasteiger partial charge in [-0.2, -0.15) is 0 Å². The second-order valence-corrected chi connectivity index (χ2v) is 7.09. The molecule has 3 nitrogen and oxygen atoms in total. The van der Waals surface area contributed by atoms with E-state index in [0.717, 1.165) is 23.1 Å². The van der Waals surface area contributed by atoms with Gasteiger partial charge in [0.1, 0.15) is 0 Å². The molecule has 25 heavy (non-hydrogen) atoms. The summed E-state index contributed by atoms with van der Waals surface area (Å²) in [6.45, 7) is 10.5. The zero-order chi connectivity index (χ0) is 18.5. The summed E-state index contributed by atoms with van der Waals surface area (Å²) in [5.74, 6) is -0.863. The molecule has 0 amide bonds. The van der Waals surface area contributed by atoms with Crippen molar-refractivity contribution in [1.29, 1.82) is 0 Å². The minimum Gasteiger partial charge on any atom is -0.478 e. The van der Waals surface area contributed by atoms with Crippen LogP contribution in [-0.4, -0.2) is 15.6 Å². The number of fused-ring (bicyclic) bond motifs is 1. The maximum absolute atomic E-state index is 11.5. The first kappa shape index (κ1) is 17.3. The topological polar surface area (TPSA) is 42.2 Å². The average molecular weight is 335 g/mol. The fraction of sp³-hybridized carbons (Fsp3) is 0.318. The molecule has 0 saturated heterocycles. The Morgan fingerprint density at radius 2 is 1.64 bits per heavy atom. The van der Waals surface area contributed by atoms with Gasteiger partial charge in [0.25, 0.3) is 0 Å². The van der Waals surface area contributed by atoms with Crippen LogP contribution in [0.3, 0.4) is 0 Å². The van der Waals surface area contributed by atoms with Gasteiger partial charge in [0, 0.05) is 30.1 Å². The number of aromatic nitrogens is 1. The van der Waals surface area contributed by atoms with Crippen molar-refractivity contribution in [3.63, 3.8) is 0 Å². The van der Waals surface area contributed by atoms with E-state index < -0.39 is 5.97 Å². The van der Waals surface area contributed by atoms with Gasteiger partial charge in [0.2, 0.25) is 0 Å². The Balaban J connectivity index is 2.17. The lowest BCUT2D eigenvalue weighted by atomic mass is 9.94. The summed E-state index contributed by atoms with van der Waals surface area (Å²) in [5, 5.41) is 10.7. The Kier molecular flexibility index (Phi) is 4.19. The van der Waals surface area contributed by atoms with Crippen LogP contribution in [0, 0.1) is 34.6 Å². The predicted octanol–water partition coefficient (Wildman–Crippen LogP) is 5.01. The number of benzene rings is 2. The van der Waals surface area contributed by atoms with Gasteiger partial charge < -0.3 is 9.67 Å². The van der Waals surface area contributed by atoms with Crippen LogP contribution in [0.15, 0.2) is 24.3 Å². The number of aromatic carboxylic acids is 1. The molecule has 0 atom stereocenters. The van der Waals surface area contributed by atoms with Crippen molar-refractivity contribution < 1.29 is 9.90 Å². The number of carbonyl (C=O) groups is 1. The molecule has 0 radical (unpaired) electrons. The van der Waals surface area contributed by atoms with E-state index in [9.17, 15) is 9.90 Å². The van der Waals surface area contributed by atoms with Gasteiger partial charge in [0.05, 0.1) is 5.56 Å².